The van der Waals surface area contributed by atoms with Gasteiger partial charge in [-0.1, -0.05) is 31.4 Å². The summed E-state index contributed by atoms with van der Waals surface area (Å²) in [6.45, 7) is 1.02. The number of esters is 1. The molecule has 4 bridgehead atoms. The van der Waals surface area contributed by atoms with Crippen LogP contribution in [-0.2, 0) is 30.3 Å². The van der Waals surface area contributed by atoms with E-state index in [2.05, 4.69) is 5.32 Å². The number of nitrogens with zero attached hydrogens (tertiary/aromatic N) is 1. The standard InChI is InChI=1S/C25H34N2O6/c1-31-25(30)21-15-20-16-27(21)24(29)23(18-7-3-2-4-8-18)26-22(28)11-10-17-6-5-9-19(14-17)32-12-13-33-20/h5-6,9,14,18,20-21,23H,2-4,7-8,10-13,15-16H2,1H3,(H,26,28)/t20-,21+,23?/m1/s1. The highest BCUT2D eigenvalue weighted by Gasteiger charge is 2.44. The largest absolute Gasteiger partial charge is 0.491 e. The van der Waals surface area contributed by atoms with Crippen LogP contribution in [0.25, 0.3) is 0 Å². The number of nitrogens with one attached hydrogen (secondary N) is 1. The summed E-state index contributed by atoms with van der Waals surface area (Å²) in [5.41, 5.74) is 1.01. The molecule has 2 aliphatic heterocycles. The molecule has 33 heavy (non-hydrogen) atoms. The topological polar surface area (TPSA) is 94.2 Å². The quantitative estimate of drug-likeness (QED) is 0.683. The van der Waals surface area contributed by atoms with Crippen molar-refractivity contribution in [3.05, 3.63) is 29.8 Å². The number of aryl methyl sites for hydroxylation is 1. The van der Waals surface area contributed by atoms with E-state index in [1.807, 2.05) is 24.3 Å². The van der Waals surface area contributed by atoms with Crippen LogP contribution < -0.4 is 10.1 Å². The molecule has 1 N–H and O–H groups in total. The van der Waals surface area contributed by atoms with Gasteiger partial charge in [0.25, 0.3) is 0 Å². The summed E-state index contributed by atoms with van der Waals surface area (Å²) in [6.07, 6.45) is 5.95. The second kappa shape index (κ2) is 11.0. The van der Waals surface area contributed by atoms with Crippen molar-refractivity contribution in [1.82, 2.24) is 10.2 Å². The molecule has 2 amide bonds. The van der Waals surface area contributed by atoms with Crippen LogP contribution in [0.1, 0.15) is 50.5 Å². The van der Waals surface area contributed by atoms with Crippen LogP contribution >= 0.6 is 0 Å². The summed E-state index contributed by atoms with van der Waals surface area (Å²) in [7, 11) is 1.33. The Morgan fingerprint density at radius 1 is 1.12 bits per heavy atom. The number of fused-ring (bicyclic) bond motifs is 4. The minimum Gasteiger partial charge on any atom is -0.491 e. The first-order valence-corrected chi connectivity index (χ1v) is 12.1. The Kier molecular flexibility index (Phi) is 7.85. The number of methoxy groups -OCH3 is 1. The number of carbonyl (C=O) groups excluding carboxylic acids is 3. The summed E-state index contributed by atoms with van der Waals surface area (Å²) in [4.78, 5) is 40.7. The van der Waals surface area contributed by atoms with Crippen molar-refractivity contribution in [2.45, 2.75) is 69.6 Å². The smallest absolute Gasteiger partial charge is 0.328 e. The number of hydrogen-bond donors (Lipinski definition) is 1. The fourth-order valence-electron chi connectivity index (χ4n) is 5.22. The van der Waals surface area contributed by atoms with Gasteiger partial charge in [0.1, 0.15) is 24.4 Å². The molecule has 4 rings (SSSR count). The molecule has 180 valence electrons. The summed E-state index contributed by atoms with van der Waals surface area (Å²) >= 11 is 0. The lowest BCUT2D eigenvalue weighted by Crippen LogP contribution is -2.55. The van der Waals surface area contributed by atoms with Gasteiger partial charge in [0, 0.05) is 19.4 Å². The molecular weight excluding hydrogens is 424 g/mol. The molecule has 1 saturated carbocycles. The molecule has 1 aromatic rings. The minimum absolute atomic E-state index is 0.0732. The van der Waals surface area contributed by atoms with E-state index in [1.165, 1.54) is 7.11 Å². The number of rotatable bonds is 2. The van der Waals surface area contributed by atoms with Crippen LogP contribution in [0, 0.1) is 5.92 Å². The van der Waals surface area contributed by atoms with Crippen molar-refractivity contribution in [2.75, 3.05) is 26.9 Å². The summed E-state index contributed by atoms with van der Waals surface area (Å²) < 4.78 is 16.7. The predicted molar refractivity (Wildman–Crippen MR) is 121 cm³/mol. The Morgan fingerprint density at radius 2 is 1.94 bits per heavy atom. The molecular formula is C25H34N2O6. The van der Waals surface area contributed by atoms with Crippen LogP contribution in [0.15, 0.2) is 24.3 Å². The summed E-state index contributed by atoms with van der Waals surface area (Å²) in [6, 6.07) is 6.36. The molecule has 2 fully saturated rings. The highest BCUT2D eigenvalue weighted by Crippen LogP contribution is 2.30. The van der Waals surface area contributed by atoms with Crippen molar-refractivity contribution < 1.29 is 28.6 Å². The third kappa shape index (κ3) is 5.85. The van der Waals surface area contributed by atoms with Gasteiger partial charge in [-0.05, 0) is 42.9 Å². The second-order valence-corrected chi connectivity index (χ2v) is 9.20. The van der Waals surface area contributed by atoms with E-state index >= 15 is 0 Å². The van der Waals surface area contributed by atoms with Crippen LogP contribution in [0.5, 0.6) is 5.75 Å². The van der Waals surface area contributed by atoms with E-state index in [4.69, 9.17) is 14.2 Å². The van der Waals surface area contributed by atoms with Gasteiger partial charge in [0.2, 0.25) is 11.8 Å². The first-order valence-electron chi connectivity index (χ1n) is 12.1. The summed E-state index contributed by atoms with van der Waals surface area (Å²) in [5, 5.41) is 3.03. The number of ether oxygens (including phenoxy) is 3. The Labute approximate surface area is 194 Å². The van der Waals surface area contributed by atoms with E-state index in [0.717, 1.165) is 43.4 Å². The van der Waals surface area contributed by atoms with E-state index in [1.54, 1.807) is 4.90 Å². The van der Waals surface area contributed by atoms with Crippen LogP contribution in [0.2, 0.25) is 0 Å². The first-order chi connectivity index (χ1) is 16.0. The molecule has 1 aliphatic carbocycles. The van der Waals surface area contributed by atoms with Crippen molar-refractivity contribution in [3.8, 4) is 5.75 Å². The van der Waals surface area contributed by atoms with Gasteiger partial charge in [-0.2, -0.15) is 0 Å². The van der Waals surface area contributed by atoms with E-state index in [0.29, 0.717) is 32.6 Å². The third-order valence-corrected chi connectivity index (χ3v) is 6.97. The maximum absolute atomic E-state index is 13.7. The number of amides is 2. The van der Waals surface area contributed by atoms with Gasteiger partial charge >= 0.3 is 5.97 Å². The van der Waals surface area contributed by atoms with Gasteiger partial charge in [0.15, 0.2) is 0 Å². The lowest BCUT2D eigenvalue weighted by Gasteiger charge is -2.34. The molecule has 3 atom stereocenters. The van der Waals surface area contributed by atoms with E-state index < -0.39 is 18.1 Å². The fraction of sp³-hybridized carbons (Fsp3) is 0.640. The monoisotopic (exact) mass is 458 g/mol. The average Bonchev–Trinajstić information content (AvgIpc) is 3.27. The highest BCUT2D eigenvalue weighted by molar-refractivity contribution is 5.91. The molecule has 1 unspecified atom stereocenters. The van der Waals surface area contributed by atoms with Crippen molar-refractivity contribution in [3.63, 3.8) is 0 Å². The predicted octanol–water partition coefficient (Wildman–Crippen LogP) is 2.24. The Hall–Kier alpha value is -2.61. The molecule has 3 aliphatic rings. The normalized spacial score (nSPS) is 27.5. The molecule has 1 aromatic carbocycles. The first kappa shape index (κ1) is 23.5. The van der Waals surface area contributed by atoms with Crippen molar-refractivity contribution >= 4 is 17.8 Å². The van der Waals surface area contributed by atoms with Crippen LogP contribution in [0.4, 0.5) is 0 Å². The second-order valence-electron chi connectivity index (χ2n) is 9.20. The van der Waals surface area contributed by atoms with Gasteiger partial charge in [-0.15, -0.1) is 0 Å². The van der Waals surface area contributed by atoms with Gasteiger partial charge < -0.3 is 24.4 Å². The highest BCUT2D eigenvalue weighted by atomic mass is 16.5. The maximum Gasteiger partial charge on any atom is 0.328 e. The zero-order valence-electron chi connectivity index (χ0n) is 19.3. The maximum atomic E-state index is 13.7. The number of carbonyl (C=O) groups is 3. The van der Waals surface area contributed by atoms with E-state index in [9.17, 15) is 14.4 Å². The van der Waals surface area contributed by atoms with Crippen molar-refractivity contribution in [2.24, 2.45) is 5.92 Å². The Bertz CT molecular complexity index is 853. The molecule has 8 nitrogen and oxygen atoms in total. The van der Waals surface area contributed by atoms with Crippen LogP contribution in [-0.4, -0.2) is 67.7 Å². The number of hydrogen-bond acceptors (Lipinski definition) is 6. The van der Waals surface area contributed by atoms with Crippen LogP contribution in [0.3, 0.4) is 0 Å². The average molecular weight is 459 g/mol. The molecule has 0 spiro atoms. The van der Waals surface area contributed by atoms with Gasteiger partial charge in [-0.25, -0.2) is 4.79 Å². The molecule has 1 saturated heterocycles. The fourth-order valence-corrected chi connectivity index (χ4v) is 5.22. The summed E-state index contributed by atoms with van der Waals surface area (Å²) in [5.74, 6) is -0.00200. The SMILES string of the molecule is COC(=O)[C@@H]1C[C@@H]2CN1C(=O)C(C1CCCCC1)NC(=O)CCc1cccc(c1)OCCO2. The molecule has 0 aromatic heterocycles. The zero-order chi connectivity index (χ0) is 23.2. The van der Waals surface area contributed by atoms with Crippen molar-refractivity contribution in [1.29, 1.82) is 0 Å². The lowest BCUT2D eigenvalue weighted by molar-refractivity contribution is -0.152. The minimum atomic E-state index is -0.706. The van der Waals surface area contributed by atoms with Gasteiger partial charge in [0.05, 0.1) is 19.8 Å². The molecule has 0 radical (unpaired) electrons. The lowest BCUT2D eigenvalue weighted by atomic mass is 9.83. The zero-order valence-corrected chi connectivity index (χ0v) is 19.3. The molecule has 2 heterocycles. The number of benzene rings is 1. The van der Waals surface area contributed by atoms with Gasteiger partial charge in [-0.3, -0.25) is 9.59 Å². The Balaban J connectivity index is 1.59. The Morgan fingerprint density at radius 3 is 2.73 bits per heavy atom. The molecule has 8 heteroatoms. The van der Waals surface area contributed by atoms with E-state index in [-0.39, 0.29) is 30.3 Å². The third-order valence-electron chi connectivity index (χ3n) is 6.97.